The lowest BCUT2D eigenvalue weighted by atomic mass is 10.3. The summed E-state index contributed by atoms with van der Waals surface area (Å²) in [6, 6.07) is 1.70. The lowest BCUT2D eigenvalue weighted by molar-refractivity contribution is -0.138. The van der Waals surface area contributed by atoms with Crippen molar-refractivity contribution >= 4 is 27.8 Å². The number of carbonyl (C=O) groups is 3. The van der Waals surface area contributed by atoms with Gasteiger partial charge in [0.2, 0.25) is 11.0 Å². The first-order valence-electron chi connectivity index (χ1n) is 6.45. The van der Waals surface area contributed by atoms with Gasteiger partial charge in [-0.15, -0.1) is 0 Å². The van der Waals surface area contributed by atoms with Crippen molar-refractivity contribution in [3.63, 3.8) is 0 Å². The smallest absolute Gasteiger partial charge is 0.323 e. The Labute approximate surface area is 132 Å². The van der Waals surface area contributed by atoms with Gasteiger partial charge in [0.05, 0.1) is 6.54 Å². The van der Waals surface area contributed by atoms with E-state index in [0.717, 1.165) is 17.0 Å². The first-order chi connectivity index (χ1) is 10.5. The van der Waals surface area contributed by atoms with Gasteiger partial charge < -0.3 is 20.2 Å². The molecule has 0 atom stereocenters. The lowest BCUT2D eigenvalue weighted by Gasteiger charge is -2.23. The van der Waals surface area contributed by atoms with Gasteiger partial charge in [-0.1, -0.05) is 0 Å². The van der Waals surface area contributed by atoms with Gasteiger partial charge in [0.15, 0.2) is 5.76 Å². The zero-order chi connectivity index (χ0) is 17.8. The second kappa shape index (κ2) is 7.24. The topological polar surface area (TPSA) is 160 Å². The van der Waals surface area contributed by atoms with Gasteiger partial charge in [-0.05, 0) is 26.0 Å². The molecule has 1 aromatic heterocycles. The molecule has 11 heteroatoms. The maximum absolute atomic E-state index is 12.2. The molecule has 0 saturated carbocycles. The van der Waals surface area contributed by atoms with E-state index in [9.17, 15) is 22.8 Å². The highest BCUT2D eigenvalue weighted by atomic mass is 32.2. The Morgan fingerprint density at radius 2 is 1.96 bits per heavy atom. The molecule has 0 bridgehead atoms. The summed E-state index contributed by atoms with van der Waals surface area (Å²) in [4.78, 5) is 34.6. The van der Waals surface area contributed by atoms with E-state index in [0.29, 0.717) is 0 Å². The summed E-state index contributed by atoms with van der Waals surface area (Å²) < 4.78 is 30.5. The number of amides is 2. The largest absolute Gasteiger partial charge is 0.480 e. The molecule has 23 heavy (non-hydrogen) atoms. The van der Waals surface area contributed by atoms with Crippen molar-refractivity contribution in [1.82, 2.24) is 9.62 Å². The summed E-state index contributed by atoms with van der Waals surface area (Å²) in [5, 5.41) is 8.23. The third-order valence-corrected chi connectivity index (χ3v) is 3.96. The molecule has 1 heterocycles. The molecule has 0 aromatic carbocycles. The monoisotopic (exact) mass is 347 g/mol. The van der Waals surface area contributed by atoms with Crippen LogP contribution < -0.4 is 10.5 Å². The van der Waals surface area contributed by atoms with Crippen LogP contribution in [0.3, 0.4) is 0 Å². The third-order valence-electron chi connectivity index (χ3n) is 2.68. The minimum atomic E-state index is -4.14. The molecule has 0 fully saturated rings. The molecule has 0 unspecified atom stereocenters. The number of furan rings is 1. The maximum Gasteiger partial charge on any atom is 0.323 e. The van der Waals surface area contributed by atoms with Crippen LogP contribution in [0.15, 0.2) is 21.6 Å². The molecule has 0 aliphatic carbocycles. The van der Waals surface area contributed by atoms with E-state index in [2.05, 4.69) is 0 Å². The van der Waals surface area contributed by atoms with E-state index < -0.39 is 52.0 Å². The minimum Gasteiger partial charge on any atom is -0.480 e. The summed E-state index contributed by atoms with van der Waals surface area (Å²) in [5.41, 5.74) is 4.84. The van der Waals surface area contributed by atoms with Crippen LogP contribution >= 0.6 is 0 Å². The summed E-state index contributed by atoms with van der Waals surface area (Å²) in [5.74, 6) is -3.20. The Morgan fingerprint density at radius 1 is 1.35 bits per heavy atom. The first-order valence-corrected chi connectivity index (χ1v) is 7.93. The molecule has 1 aromatic rings. The molecule has 0 aliphatic heterocycles. The van der Waals surface area contributed by atoms with Gasteiger partial charge in [0.25, 0.3) is 15.9 Å². The van der Waals surface area contributed by atoms with Crippen LogP contribution in [0.5, 0.6) is 0 Å². The SMILES string of the molecule is CC(C)N(CC(=O)O)C(=O)c1ccc(S(=O)(=O)NCC(N)=O)o1. The fourth-order valence-corrected chi connectivity index (χ4v) is 2.51. The zero-order valence-electron chi connectivity index (χ0n) is 12.5. The normalized spacial score (nSPS) is 11.4. The van der Waals surface area contributed by atoms with Crippen LogP contribution in [0.4, 0.5) is 0 Å². The number of sulfonamides is 1. The van der Waals surface area contributed by atoms with Crippen LogP contribution in [-0.2, 0) is 19.6 Å². The molecular weight excluding hydrogens is 330 g/mol. The summed E-state index contributed by atoms with van der Waals surface area (Å²) in [7, 11) is -4.14. The number of rotatable bonds is 8. The Balaban J connectivity index is 2.99. The van der Waals surface area contributed by atoms with Gasteiger partial charge >= 0.3 is 5.97 Å². The van der Waals surface area contributed by atoms with Gasteiger partial charge in [-0.2, -0.15) is 4.72 Å². The van der Waals surface area contributed by atoms with Crippen LogP contribution in [-0.4, -0.2) is 55.3 Å². The van der Waals surface area contributed by atoms with Gasteiger partial charge in [-0.3, -0.25) is 14.4 Å². The predicted octanol–water partition coefficient (Wildman–Crippen LogP) is -1.02. The number of carbonyl (C=O) groups excluding carboxylic acids is 2. The second-order valence-electron chi connectivity index (χ2n) is 4.83. The minimum absolute atomic E-state index is 0.334. The number of nitrogens with zero attached hydrogens (tertiary/aromatic N) is 1. The average Bonchev–Trinajstić information content (AvgIpc) is 2.92. The number of hydrogen-bond donors (Lipinski definition) is 3. The molecule has 10 nitrogen and oxygen atoms in total. The van der Waals surface area contributed by atoms with Crippen LogP contribution in [0, 0.1) is 0 Å². The second-order valence-corrected chi connectivity index (χ2v) is 6.53. The molecule has 0 radical (unpaired) electrons. The Bertz CT molecular complexity index is 708. The van der Waals surface area contributed by atoms with Crippen molar-refractivity contribution in [2.24, 2.45) is 5.73 Å². The van der Waals surface area contributed by atoms with Crippen LogP contribution in [0.25, 0.3) is 0 Å². The highest BCUT2D eigenvalue weighted by Gasteiger charge is 2.26. The molecule has 128 valence electrons. The quantitative estimate of drug-likeness (QED) is 0.542. The van der Waals surface area contributed by atoms with Gasteiger partial charge in [0.1, 0.15) is 6.54 Å². The van der Waals surface area contributed by atoms with E-state index in [1.807, 2.05) is 4.72 Å². The molecule has 2 amide bonds. The highest BCUT2D eigenvalue weighted by molar-refractivity contribution is 7.89. The number of nitrogens with one attached hydrogen (secondary N) is 1. The number of carboxylic acid groups (broad SMARTS) is 1. The lowest BCUT2D eigenvalue weighted by Crippen LogP contribution is -2.40. The number of primary amides is 1. The molecule has 0 spiro atoms. The van der Waals surface area contributed by atoms with Crippen molar-refractivity contribution in [2.45, 2.75) is 25.0 Å². The maximum atomic E-state index is 12.2. The van der Waals surface area contributed by atoms with Crippen LogP contribution in [0.2, 0.25) is 0 Å². The fourth-order valence-electron chi connectivity index (χ4n) is 1.59. The summed E-state index contributed by atoms with van der Waals surface area (Å²) in [6.07, 6.45) is 0. The summed E-state index contributed by atoms with van der Waals surface area (Å²) in [6.45, 7) is 2.04. The first kappa shape index (κ1) is 18.6. The van der Waals surface area contributed by atoms with E-state index in [1.54, 1.807) is 13.8 Å². The fraction of sp³-hybridized carbons (Fsp3) is 0.417. The van der Waals surface area contributed by atoms with E-state index in [-0.39, 0.29) is 5.76 Å². The number of hydrogen-bond acceptors (Lipinski definition) is 6. The van der Waals surface area contributed by atoms with E-state index >= 15 is 0 Å². The van der Waals surface area contributed by atoms with E-state index in [1.165, 1.54) is 0 Å². The zero-order valence-corrected chi connectivity index (χ0v) is 13.3. The Morgan fingerprint density at radius 3 is 2.43 bits per heavy atom. The van der Waals surface area contributed by atoms with Crippen molar-refractivity contribution in [3.8, 4) is 0 Å². The highest BCUT2D eigenvalue weighted by Crippen LogP contribution is 2.16. The Hall–Kier alpha value is -2.40. The Kier molecular flexibility index (Phi) is 5.87. The van der Waals surface area contributed by atoms with Gasteiger partial charge in [-0.25, -0.2) is 8.42 Å². The van der Waals surface area contributed by atoms with Crippen molar-refractivity contribution in [2.75, 3.05) is 13.1 Å². The molecule has 0 saturated heterocycles. The third kappa shape index (κ3) is 5.07. The van der Waals surface area contributed by atoms with Crippen molar-refractivity contribution < 1.29 is 32.3 Å². The molecule has 0 aliphatic rings. The van der Waals surface area contributed by atoms with Crippen LogP contribution in [0.1, 0.15) is 24.4 Å². The van der Waals surface area contributed by atoms with Gasteiger partial charge in [0, 0.05) is 6.04 Å². The van der Waals surface area contributed by atoms with Crippen molar-refractivity contribution in [1.29, 1.82) is 0 Å². The summed E-state index contributed by atoms with van der Waals surface area (Å²) >= 11 is 0. The molecule has 4 N–H and O–H groups in total. The average molecular weight is 347 g/mol. The number of carboxylic acids is 1. The van der Waals surface area contributed by atoms with Crippen molar-refractivity contribution in [3.05, 3.63) is 17.9 Å². The molecule has 1 rings (SSSR count). The predicted molar refractivity (Wildman–Crippen MR) is 76.9 cm³/mol. The van der Waals surface area contributed by atoms with E-state index in [4.69, 9.17) is 15.3 Å². The number of aliphatic carboxylic acids is 1. The molecular formula is C12H17N3O7S. The standard InChI is InChI=1S/C12H17N3O7S/c1-7(2)15(6-10(17)18)12(19)8-3-4-11(22-8)23(20,21)14-5-9(13)16/h3-4,7,14H,5-6H2,1-2H3,(H2,13,16)(H,17,18). The number of nitrogens with two attached hydrogens (primary N) is 1.